The number of hydrogen-bond donors (Lipinski definition) is 0. The van der Waals surface area contributed by atoms with Gasteiger partial charge in [-0.05, 0) is 58.1 Å². The Labute approximate surface area is 134 Å². The minimum Gasteiger partial charge on any atom is -0.207 e. The van der Waals surface area contributed by atoms with E-state index in [4.69, 9.17) is 0 Å². The molecule has 1 aromatic rings. The monoisotopic (exact) mass is 403 g/mol. The molecule has 1 aromatic carbocycles. The lowest BCUT2D eigenvalue weighted by molar-refractivity contribution is 0.474. The van der Waals surface area contributed by atoms with Gasteiger partial charge in [0.1, 0.15) is 0 Å². The van der Waals surface area contributed by atoms with E-state index in [9.17, 15) is 8.42 Å². The van der Waals surface area contributed by atoms with E-state index >= 15 is 0 Å². The van der Waals surface area contributed by atoms with Crippen molar-refractivity contribution in [3.63, 3.8) is 0 Å². The van der Waals surface area contributed by atoms with Crippen LogP contribution in [0.5, 0.6) is 0 Å². The molecule has 2 rings (SSSR count). The van der Waals surface area contributed by atoms with Crippen LogP contribution in [-0.2, 0) is 10.0 Å². The van der Waals surface area contributed by atoms with Crippen molar-refractivity contribution in [2.45, 2.75) is 24.7 Å². The Morgan fingerprint density at radius 2 is 1.80 bits per heavy atom. The van der Waals surface area contributed by atoms with Gasteiger partial charge in [0.15, 0.2) is 0 Å². The van der Waals surface area contributed by atoms with Crippen molar-refractivity contribution < 1.29 is 8.42 Å². The quantitative estimate of drug-likeness (QED) is 0.559. The van der Waals surface area contributed by atoms with Crippen molar-refractivity contribution in [1.29, 1.82) is 0 Å². The lowest BCUT2D eigenvalue weighted by Gasteiger charge is -2.19. The Bertz CT molecular complexity index is 618. The van der Waals surface area contributed by atoms with Crippen LogP contribution in [0, 0.1) is 6.92 Å². The third kappa shape index (κ3) is 3.93. The summed E-state index contributed by atoms with van der Waals surface area (Å²) >= 11 is 2.28. The first-order chi connectivity index (χ1) is 9.50. The van der Waals surface area contributed by atoms with Gasteiger partial charge in [-0.2, -0.15) is 4.31 Å². The molecule has 1 aliphatic rings. The highest BCUT2D eigenvalue weighted by Crippen LogP contribution is 2.20. The maximum atomic E-state index is 12.6. The van der Waals surface area contributed by atoms with Gasteiger partial charge in [-0.15, -0.1) is 0 Å². The van der Waals surface area contributed by atoms with E-state index in [1.54, 1.807) is 12.1 Å². The zero-order valence-electron chi connectivity index (χ0n) is 11.4. The van der Waals surface area contributed by atoms with Crippen molar-refractivity contribution in [3.8, 4) is 0 Å². The van der Waals surface area contributed by atoms with Gasteiger partial charge >= 0.3 is 0 Å². The van der Waals surface area contributed by atoms with Crippen LogP contribution in [0.25, 0.3) is 0 Å². The molecule has 0 aromatic heterocycles. The van der Waals surface area contributed by atoms with Gasteiger partial charge in [-0.1, -0.05) is 35.9 Å². The zero-order valence-corrected chi connectivity index (χ0v) is 14.4. The maximum Gasteiger partial charge on any atom is 0.243 e. The fourth-order valence-corrected chi connectivity index (χ4v) is 3.80. The maximum absolute atomic E-state index is 12.6. The molecule has 0 atom stereocenters. The predicted octanol–water partition coefficient (Wildman–Crippen LogP) is 3.65. The van der Waals surface area contributed by atoms with Crippen LogP contribution in [-0.4, -0.2) is 25.8 Å². The highest BCUT2D eigenvalue weighted by Gasteiger charge is 2.22. The molecule has 0 aliphatic carbocycles. The molecule has 0 unspecified atom stereocenters. The SMILES string of the molecule is Cc1ccc(S(=O)(=O)N2C/C=C\CC/C(I)=C/C2)cc1. The second-order valence-corrected chi connectivity index (χ2v) is 8.12. The Morgan fingerprint density at radius 3 is 2.50 bits per heavy atom. The highest BCUT2D eigenvalue weighted by atomic mass is 127. The average Bonchev–Trinajstić information content (AvgIpc) is 2.51. The third-order valence-corrected chi connectivity index (χ3v) is 6.03. The highest BCUT2D eigenvalue weighted by molar-refractivity contribution is 14.1. The van der Waals surface area contributed by atoms with Crippen LogP contribution in [0.3, 0.4) is 0 Å². The van der Waals surface area contributed by atoms with Gasteiger partial charge in [0.25, 0.3) is 0 Å². The molecule has 108 valence electrons. The summed E-state index contributed by atoms with van der Waals surface area (Å²) < 4.78 is 28.0. The van der Waals surface area contributed by atoms with Crippen LogP contribution in [0.2, 0.25) is 0 Å². The van der Waals surface area contributed by atoms with E-state index in [0.717, 1.165) is 18.4 Å². The smallest absolute Gasteiger partial charge is 0.207 e. The second kappa shape index (κ2) is 6.87. The number of nitrogens with zero attached hydrogens (tertiary/aromatic N) is 1. The summed E-state index contributed by atoms with van der Waals surface area (Å²) in [4.78, 5) is 0.360. The van der Waals surface area contributed by atoms with Crippen molar-refractivity contribution in [2.75, 3.05) is 13.1 Å². The van der Waals surface area contributed by atoms with Gasteiger partial charge in [0, 0.05) is 13.1 Å². The molecule has 0 fully saturated rings. The Kier molecular flexibility index (Phi) is 5.40. The van der Waals surface area contributed by atoms with E-state index in [1.807, 2.05) is 31.2 Å². The average molecular weight is 403 g/mol. The standard InChI is InChI=1S/C15H18INO2S/c1-13-6-8-15(9-7-13)20(18,19)17-11-4-2-3-5-14(16)10-12-17/h2,4,6-10H,3,5,11-12H2,1H3/b4-2-,14-10-. The van der Waals surface area contributed by atoms with E-state index < -0.39 is 10.0 Å². The molecule has 20 heavy (non-hydrogen) atoms. The van der Waals surface area contributed by atoms with Gasteiger partial charge in [0.05, 0.1) is 4.90 Å². The van der Waals surface area contributed by atoms with E-state index in [2.05, 4.69) is 28.7 Å². The summed E-state index contributed by atoms with van der Waals surface area (Å²) in [5, 5.41) is 0. The van der Waals surface area contributed by atoms with Gasteiger partial charge in [0.2, 0.25) is 10.0 Å². The largest absolute Gasteiger partial charge is 0.243 e. The molecule has 0 N–H and O–H groups in total. The van der Waals surface area contributed by atoms with Crippen molar-refractivity contribution in [2.24, 2.45) is 0 Å². The summed E-state index contributed by atoms with van der Waals surface area (Å²) in [6.45, 7) is 2.81. The summed E-state index contributed by atoms with van der Waals surface area (Å²) in [5.41, 5.74) is 1.06. The summed E-state index contributed by atoms with van der Waals surface area (Å²) in [6.07, 6.45) is 7.94. The van der Waals surface area contributed by atoms with Crippen LogP contribution < -0.4 is 0 Å². The first-order valence-corrected chi connectivity index (χ1v) is 9.08. The van der Waals surface area contributed by atoms with E-state index in [-0.39, 0.29) is 0 Å². The Morgan fingerprint density at radius 1 is 1.10 bits per heavy atom. The molecule has 0 saturated carbocycles. The number of allylic oxidation sites excluding steroid dienone is 2. The second-order valence-electron chi connectivity index (χ2n) is 4.80. The molecule has 0 saturated heterocycles. The van der Waals surface area contributed by atoms with Gasteiger partial charge in [-0.25, -0.2) is 8.42 Å². The fraction of sp³-hybridized carbons (Fsp3) is 0.333. The molecule has 5 heteroatoms. The van der Waals surface area contributed by atoms with Crippen molar-refractivity contribution >= 4 is 32.6 Å². The van der Waals surface area contributed by atoms with Crippen LogP contribution in [0.4, 0.5) is 0 Å². The molecule has 1 heterocycles. The third-order valence-electron chi connectivity index (χ3n) is 3.20. The van der Waals surface area contributed by atoms with Crippen LogP contribution in [0.15, 0.2) is 51.0 Å². The predicted molar refractivity (Wildman–Crippen MR) is 90.4 cm³/mol. The van der Waals surface area contributed by atoms with Crippen molar-refractivity contribution in [3.05, 3.63) is 51.6 Å². The first kappa shape index (κ1) is 15.7. The van der Waals surface area contributed by atoms with Gasteiger partial charge in [-0.3, -0.25) is 0 Å². The van der Waals surface area contributed by atoms with Crippen LogP contribution in [0.1, 0.15) is 18.4 Å². The number of benzene rings is 1. The first-order valence-electron chi connectivity index (χ1n) is 6.56. The van der Waals surface area contributed by atoms with Crippen LogP contribution >= 0.6 is 22.6 Å². The molecule has 0 bridgehead atoms. The molecule has 3 nitrogen and oxygen atoms in total. The molecule has 0 spiro atoms. The van der Waals surface area contributed by atoms with E-state index in [0.29, 0.717) is 18.0 Å². The summed E-state index contributed by atoms with van der Waals surface area (Å²) in [6, 6.07) is 7.02. The minimum absolute atomic E-state index is 0.360. The summed E-state index contributed by atoms with van der Waals surface area (Å²) in [5.74, 6) is 0. The normalized spacial score (nSPS) is 22.2. The Hall–Kier alpha value is -0.660. The van der Waals surface area contributed by atoms with Gasteiger partial charge < -0.3 is 0 Å². The molecule has 0 amide bonds. The molecular formula is C15H18INO2S. The number of halogens is 1. The Balaban J connectivity index is 2.31. The lowest BCUT2D eigenvalue weighted by Crippen LogP contribution is -2.31. The zero-order chi connectivity index (χ0) is 14.6. The van der Waals surface area contributed by atoms with E-state index in [1.165, 1.54) is 7.89 Å². The number of sulfonamides is 1. The lowest BCUT2D eigenvalue weighted by atomic mass is 10.2. The summed E-state index contributed by atoms with van der Waals surface area (Å²) in [7, 11) is -3.42. The van der Waals surface area contributed by atoms with Crippen molar-refractivity contribution in [1.82, 2.24) is 4.31 Å². The molecule has 1 aliphatic heterocycles. The number of aryl methyl sites for hydroxylation is 1. The number of hydrogen-bond acceptors (Lipinski definition) is 2. The number of rotatable bonds is 2. The fourth-order valence-electron chi connectivity index (χ4n) is 1.96. The molecule has 0 radical (unpaired) electrons. The molecular weight excluding hydrogens is 385 g/mol. The topological polar surface area (TPSA) is 37.4 Å². The minimum atomic E-state index is -3.42.